The van der Waals surface area contributed by atoms with Crippen LogP contribution in [0.5, 0.6) is 0 Å². The van der Waals surface area contributed by atoms with E-state index in [4.69, 9.17) is 0 Å². The van der Waals surface area contributed by atoms with Crippen molar-refractivity contribution in [2.45, 2.75) is 148 Å². The lowest BCUT2D eigenvalue weighted by molar-refractivity contribution is -0.146. The monoisotopic (exact) mass is 702 g/mol. The largest absolute Gasteiger partial charge is 0.453 e. The summed E-state index contributed by atoms with van der Waals surface area (Å²) in [6.45, 7) is 9.24. The second-order valence-electron chi connectivity index (χ2n) is 15.8. The second kappa shape index (κ2) is 17.0. The topological polar surface area (TPSA) is 192 Å². The van der Waals surface area contributed by atoms with Gasteiger partial charge >= 0.3 is 6.09 Å². The number of ketones is 1. The van der Waals surface area contributed by atoms with E-state index in [-0.39, 0.29) is 23.8 Å². The summed E-state index contributed by atoms with van der Waals surface area (Å²) in [6, 6.07) is -4.79. The summed E-state index contributed by atoms with van der Waals surface area (Å²) in [7, 11) is 1.20. The van der Waals surface area contributed by atoms with Crippen molar-refractivity contribution in [3.05, 3.63) is 0 Å². The molecule has 4 aliphatic rings. The summed E-state index contributed by atoms with van der Waals surface area (Å²) in [5.41, 5.74) is -0.770. The molecule has 0 aromatic carbocycles. The number of alkyl carbamates (subject to hydrolysis) is 1. The molecule has 14 heteroatoms. The number of carbonyl (C=O) groups is 7. The molecule has 4 rings (SSSR count). The molecular weight excluding hydrogens is 644 g/mol. The fraction of sp³-hybridized carbons (Fsp3) is 0.806. The molecule has 1 saturated heterocycles. The SMILES string of the molecule is CCC[C@H](NC(=O)[C@@H]1[C@H]2CCC[C@H]2CN1C(=O)[C@@H](NC(=O)[C@@H](NC(=O)[C@@H](C)NC(=O)OC)C1CCCCC1)C(C)(C)C)C(=O)C(=O)NC1CC1. The first kappa shape index (κ1) is 39.1. The number of methoxy groups -OCH3 is 1. The lowest BCUT2D eigenvalue weighted by Crippen LogP contribution is -2.63. The predicted octanol–water partition coefficient (Wildman–Crippen LogP) is 2.09. The summed E-state index contributed by atoms with van der Waals surface area (Å²) >= 11 is 0. The van der Waals surface area contributed by atoms with Gasteiger partial charge in [-0.1, -0.05) is 59.8 Å². The van der Waals surface area contributed by atoms with Crippen LogP contribution < -0.4 is 26.6 Å². The first-order chi connectivity index (χ1) is 23.7. The van der Waals surface area contributed by atoms with Gasteiger partial charge in [0, 0.05) is 12.6 Å². The number of carbonyl (C=O) groups excluding carboxylic acids is 7. The number of hydrogen-bond acceptors (Lipinski definition) is 8. The third-order valence-electron chi connectivity index (χ3n) is 10.8. The van der Waals surface area contributed by atoms with Crippen molar-refractivity contribution in [2.75, 3.05) is 13.7 Å². The summed E-state index contributed by atoms with van der Waals surface area (Å²) in [6.07, 6.45) is 8.56. The molecule has 6 amide bonds. The minimum absolute atomic E-state index is 0.00196. The highest BCUT2D eigenvalue weighted by Gasteiger charge is 2.52. The Morgan fingerprint density at radius 3 is 2.10 bits per heavy atom. The Morgan fingerprint density at radius 1 is 0.820 bits per heavy atom. The lowest BCUT2D eigenvalue weighted by atomic mass is 9.82. The summed E-state index contributed by atoms with van der Waals surface area (Å²) in [5, 5.41) is 13.8. The predicted molar refractivity (Wildman–Crippen MR) is 184 cm³/mol. The standard InChI is InChI=1S/C36H58N6O8/c1-7-12-25(28(43)33(47)38-23-17-18-23)39-32(46)27-24-16-11-15-22(24)19-42(27)34(48)29(36(3,4)5)41-31(45)26(21-13-9-8-10-14-21)40-30(44)20(2)37-35(49)50-6/h20-27,29H,7-19H2,1-6H3,(H,37,49)(H,38,47)(H,39,46)(H,40,44)(H,41,45)/t20-,22+,24+,25+,26+,27+,29-/m1/s1. The summed E-state index contributed by atoms with van der Waals surface area (Å²) in [4.78, 5) is 95.0. The second-order valence-corrected chi connectivity index (χ2v) is 15.8. The van der Waals surface area contributed by atoms with Crippen LogP contribution in [-0.4, -0.2) is 96.2 Å². The smallest absolute Gasteiger partial charge is 0.407 e. The molecule has 0 aromatic heterocycles. The number of fused-ring (bicyclic) bond motifs is 1. The molecule has 0 spiro atoms. The van der Waals surface area contributed by atoms with Crippen LogP contribution in [-0.2, 0) is 33.5 Å². The van der Waals surface area contributed by atoms with Gasteiger partial charge in [-0.15, -0.1) is 0 Å². The van der Waals surface area contributed by atoms with Gasteiger partial charge in [-0.3, -0.25) is 28.8 Å². The molecule has 0 aromatic rings. The Kier molecular flexibility index (Phi) is 13.3. The zero-order valence-corrected chi connectivity index (χ0v) is 30.6. The normalized spacial score (nSPS) is 24.5. The lowest BCUT2D eigenvalue weighted by Gasteiger charge is -2.38. The fourth-order valence-electron chi connectivity index (χ4n) is 7.82. The number of Topliss-reactive ketones (excluding diaryl/α,β-unsaturated/α-hetero) is 1. The van der Waals surface area contributed by atoms with Crippen molar-refractivity contribution in [1.29, 1.82) is 0 Å². The molecule has 3 saturated carbocycles. The molecule has 280 valence electrons. The van der Waals surface area contributed by atoms with Gasteiger partial charge in [-0.25, -0.2) is 4.79 Å². The highest BCUT2D eigenvalue weighted by molar-refractivity contribution is 6.38. The van der Waals surface area contributed by atoms with E-state index in [0.29, 0.717) is 19.4 Å². The Balaban J connectivity index is 1.55. The van der Waals surface area contributed by atoms with Gasteiger partial charge in [-0.05, 0) is 75.0 Å². The Morgan fingerprint density at radius 2 is 1.50 bits per heavy atom. The maximum atomic E-state index is 14.6. The number of rotatable bonds is 14. The van der Waals surface area contributed by atoms with Gasteiger partial charge in [0.15, 0.2) is 0 Å². The van der Waals surface area contributed by atoms with Crippen LogP contribution in [0.3, 0.4) is 0 Å². The molecule has 4 fully saturated rings. The zero-order valence-electron chi connectivity index (χ0n) is 30.6. The Labute approximate surface area is 295 Å². The van der Waals surface area contributed by atoms with Crippen LogP contribution >= 0.6 is 0 Å². The van der Waals surface area contributed by atoms with Crippen molar-refractivity contribution >= 4 is 41.4 Å². The van der Waals surface area contributed by atoms with Gasteiger partial charge in [-0.2, -0.15) is 0 Å². The zero-order chi connectivity index (χ0) is 36.7. The van der Waals surface area contributed by atoms with Crippen molar-refractivity contribution in [2.24, 2.45) is 23.2 Å². The molecule has 14 nitrogen and oxygen atoms in total. The quantitative estimate of drug-likeness (QED) is 0.170. The van der Waals surface area contributed by atoms with Crippen molar-refractivity contribution in [3.8, 4) is 0 Å². The highest BCUT2D eigenvalue weighted by atomic mass is 16.5. The van der Waals surface area contributed by atoms with E-state index in [1.54, 1.807) is 4.90 Å². The van der Waals surface area contributed by atoms with Crippen LogP contribution in [0, 0.1) is 23.2 Å². The van der Waals surface area contributed by atoms with E-state index in [0.717, 1.165) is 64.2 Å². The minimum atomic E-state index is -1.03. The average molecular weight is 703 g/mol. The molecule has 0 radical (unpaired) electrons. The summed E-state index contributed by atoms with van der Waals surface area (Å²) < 4.78 is 4.61. The van der Waals surface area contributed by atoms with E-state index >= 15 is 0 Å². The van der Waals surface area contributed by atoms with Gasteiger partial charge in [0.1, 0.15) is 24.2 Å². The Bertz CT molecular complexity index is 1290. The van der Waals surface area contributed by atoms with E-state index < -0.39 is 77.0 Å². The third-order valence-corrected chi connectivity index (χ3v) is 10.8. The van der Waals surface area contributed by atoms with Crippen molar-refractivity contribution in [3.63, 3.8) is 0 Å². The number of hydrogen-bond donors (Lipinski definition) is 5. The minimum Gasteiger partial charge on any atom is -0.453 e. The summed E-state index contributed by atoms with van der Waals surface area (Å²) in [5.74, 6) is -3.47. The number of nitrogens with one attached hydrogen (secondary N) is 5. The fourth-order valence-corrected chi connectivity index (χ4v) is 7.82. The van der Waals surface area contributed by atoms with Crippen LogP contribution in [0.25, 0.3) is 0 Å². The van der Waals surface area contributed by atoms with Gasteiger partial charge in [0.05, 0.1) is 13.2 Å². The van der Waals surface area contributed by atoms with Crippen LogP contribution in [0.1, 0.15) is 112 Å². The van der Waals surface area contributed by atoms with E-state index in [1.165, 1.54) is 14.0 Å². The van der Waals surface area contributed by atoms with Gasteiger partial charge in [0.25, 0.3) is 5.91 Å². The molecule has 1 heterocycles. The van der Waals surface area contributed by atoms with Crippen molar-refractivity contribution in [1.82, 2.24) is 31.5 Å². The molecule has 3 aliphatic carbocycles. The first-order valence-corrected chi connectivity index (χ1v) is 18.6. The number of nitrogens with zero attached hydrogens (tertiary/aromatic N) is 1. The molecule has 0 bridgehead atoms. The molecule has 7 atom stereocenters. The number of amides is 6. The highest BCUT2D eigenvalue weighted by Crippen LogP contribution is 2.43. The molecule has 5 N–H and O–H groups in total. The maximum Gasteiger partial charge on any atom is 0.407 e. The number of ether oxygens (including phenoxy) is 1. The van der Waals surface area contributed by atoms with Crippen LogP contribution in [0.15, 0.2) is 0 Å². The van der Waals surface area contributed by atoms with E-state index in [2.05, 4.69) is 31.3 Å². The first-order valence-electron chi connectivity index (χ1n) is 18.6. The molecule has 0 unspecified atom stereocenters. The van der Waals surface area contributed by atoms with E-state index in [1.807, 2.05) is 27.7 Å². The number of likely N-dealkylation sites (tertiary alicyclic amines) is 1. The van der Waals surface area contributed by atoms with Gasteiger partial charge in [0.2, 0.25) is 29.4 Å². The molecular formula is C36H58N6O8. The maximum absolute atomic E-state index is 14.6. The van der Waals surface area contributed by atoms with E-state index in [9.17, 15) is 33.6 Å². The van der Waals surface area contributed by atoms with Crippen molar-refractivity contribution < 1.29 is 38.3 Å². The third kappa shape index (κ3) is 9.74. The molecule has 1 aliphatic heterocycles. The Hall–Kier alpha value is -3.71. The van der Waals surface area contributed by atoms with Gasteiger partial charge < -0.3 is 36.2 Å². The van der Waals surface area contributed by atoms with Crippen LogP contribution in [0.4, 0.5) is 4.79 Å². The average Bonchev–Trinajstić information content (AvgIpc) is 3.64. The van der Waals surface area contributed by atoms with Crippen LogP contribution in [0.2, 0.25) is 0 Å². The molecule has 50 heavy (non-hydrogen) atoms.